The molecule has 7 heteroatoms. The van der Waals surface area contributed by atoms with Crippen LogP contribution in [-0.2, 0) is 13.1 Å². The maximum atomic E-state index is 10.5. The quantitative estimate of drug-likeness (QED) is 0.380. The normalized spacial score (nSPS) is 10.5. The SMILES string of the molecule is O=[N+]([O-])c1ccc(CNCc2ccc(O)c(O)c2O)cc1. The maximum absolute atomic E-state index is 10.5. The Hall–Kier alpha value is -2.80. The van der Waals surface area contributed by atoms with Crippen LogP contribution < -0.4 is 5.32 Å². The zero-order chi connectivity index (χ0) is 15.4. The topological polar surface area (TPSA) is 116 Å². The van der Waals surface area contributed by atoms with Crippen LogP contribution in [0.25, 0.3) is 0 Å². The molecule has 110 valence electrons. The second-order valence-corrected chi connectivity index (χ2v) is 4.47. The Bertz CT molecular complexity index is 655. The molecule has 0 saturated carbocycles. The van der Waals surface area contributed by atoms with Crippen molar-refractivity contribution in [1.82, 2.24) is 5.32 Å². The summed E-state index contributed by atoms with van der Waals surface area (Å²) in [7, 11) is 0. The van der Waals surface area contributed by atoms with Gasteiger partial charge in [-0.3, -0.25) is 10.1 Å². The molecule has 0 atom stereocenters. The fourth-order valence-electron chi connectivity index (χ4n) is 1.83. The van der Waals surface area contributed by atoms with Crippen molar-refractivity contribution in [3.8, 4) is 17.2 Å². The maximum Gasteiger partial charge on any atom is 0.269 e. The lowest BCUT2D eigenvalue weighted by Crippen LogP contribution is -2.12. The van der Waals surface area contributed by atoms with Crippen LogP contribution in [0.1, 0.15) is 11.1 Å². The zero-order valence-corrected chi connectivity index (χ0v) is 11.0. The highest BCUT2D eigenvalue weighted by atomic mass is 16.6. The number of phenolic OH excluding ortho intramolecular Hbond substituents is 3. The fraction of sp³-hybridized carbons (Fsp3) is 0.143. The first-order valence-corrected chi connectivity index (χ1v) is 6.16. The van der Waals surface area contributed by atoms with Crippen LogP contribution >= 0.6 is 0 Å². The van der Waals surface area contributed by atoms with Gasteiger partial charge in [-0.15, -0.1) is 0 Å². The molecule has 0 unspecified atom stereocenters. The van der Waals surface area contributed by atoms with Crippen molar-refractivity contribution in [3.63, 3.8) is 0 Å². The summed E-state index contributed by atoms with van der Waals surface area (Å²) in [6.45, 7) is 0.718. The van der Waals surface area contributed by atoms with E-state index < -0.39 is 10.7 Å². The molecule has 0 radical (unpaired) electrons. The van der Waals surface area contributed by atoms with Crippen LogP contribution in [0, 0.1) is 10.1 Å². The van der Waals surface area contributed by atoms with Gasteiger partial charge in [0.25, 0.3) is 5.69 Å². The van der Waals surface area contributed by atoms with Gasteiger partial charge >= 0.3 is 0 Å². The minimum atomic E-state index is -0.551. The van der Waals surface area contributed by atoms with Crippen LogP contribution in [0.2, 0.25) is 0 Å². The Morgan fingerprint density at radius 3 is 2.24 bits per heavy atom. The van der Waals surface area contributed by atoms with E-state index in [0.29, 0.717) is 12.1 Å². The molecule has 0 heterocycles. The Labute approximate surface area is 120 Å². The predicted octanol–water partition coefficient (Wildman–Crippen LogP) is 2.00. The minimum absolute atomic E-state index is 0.0276. The summed E-state index contributed by atoms with van der Waals surface area (Å²) >= 11 is 0. The predicted molar refractivity (Wildman–Crippen MR) is 75.1 cm³/mol. The van der Waals surface area contributed by atoms with E-state index in [-0.39, 0.29) is 23.7 Å². The Kier molecular flexibility index (Phi) is 4.24. The minimum Gasteiger partial charge on any atom is -0.504 e. The van der Waals surface area contributed by atoms with E-state index >= 15 is 0 Å². The lowest BCUT2D eigenvalue weighted by atomic mass is 10.1. The van der Waals surface area contributed by atoms with E-state index in [4.69, 9.17) is 0 Å². The van der Waals surface area contributed by atoms with E-state index in [0.717, 1.165) is 5.56 Å². The van der Waals surface area contributed by atoms with Crippen molar-refractivity contribution in [3.05, 3.63) is 57.6 Å². The lowest BCUT2D eigenvalue weighted by Gasteiger charge is -2.09. The van der Waals surface area contributed by atoms with Gasteiger partial charge in [0.05, 0.1) is 4.92 Å². The molecule has 7 nitrogen and oxygen atoms in total. The molecule has 2 rings (SSSR count). The molecule has 2 aromatic rings. The summed E-state index contributed by atoms with van der Waals surface area (Å²) in [5.41, 5.74) is 1.31. The van der Waals surface area contributed by atoms with Gasteiger partial charge in [-0.25, -0.2) is 0 Å². The van der Waals surface area contributed by atoms with Gasteiger partial charge < -0.3 is 20.6 Å². The van der Waals surface area contributed by atoms with E-state index in [1.807, 2.05) is 0 Å². The summed E-state index contributed by atoms with van der Waals surface area (Å²) in [4.78, 5) is 10.1. The number of non-ortho nitro benzene ring substituents is 1. The summed E-state index contributed by atoms with van der Waals surface area (Å²) in [5, 5.41) is 41.8. The van der Waals surface area contributed by atoms with Crippen LogP contribution in [0.4, 0.5) is 5.69 Å². The highest BCUT2D eigenvalue weighted by Crippen LogP contribution is 2.36. The zero-order valence-electron chi connectivity index (χ0n) is 11.0. The van der Waals surface area contributed by atoms with Gasteiger partial charge in [-0.2, -0.15) is 0 Å². The van der Waals surface area contributed by atoms with Crippen LogP contribution in [-0.4, -0.2) is 20.2 Å². The van der Waals surface area contributed by atoms with Crippen LogP contribution in [0.3, 0.4) is 0 Å². The van der Waals surface area contributed by atoms with E-state index in [1.165, 1.54) is 24.3 Å². The molecule has 2 aromatic carbocycles. The number of phenols is 3. The van der Waals surface area contributed by atoms with Crippen molar-refractivity contribution in [2.75, 3.05) is 0 Å². The standard InChI is InChI=1S/C14H14N2O5/c17-12-6-3-10(13(18)14(12)19)8-15-7-9-1-4-11(5-2-9)16(20)21/h1-6,15,17-19H,7-8H2. The molecular weight excluding hydrogens is 276 g/mol. The summed E-state index contributed by atoms with van der Waals surface area (Å²) in [6, 6.07) is 8.89. The van der Waals surface area contributed by atoms with E-state index in [1.54, 1.807) is 12.1 Å². The van der Waals surface area contributed by atoms with Gasteiger partial charge in [0, 0.05) is 30.8 Å². The van der Waals surface area contributed by atoms with Crippen molar-refractivity contribution >= 4 is 5.69 Å². The summed E-state index contributed by atoms with van der Waals surface area (Å²) in [5.74, 6) is -1.30. The molecule has 21 heavy (non-hydrogen) atoms. The summed E-state index contributed by atoms with van der Waals surface area (Å²) in [6.07, 6.45) is 0. The second-order valence-electron chi connectivity index (χ2n) is 4.47. The van der Waals surface area contributed by atoms with E-state index in [9.17, 15) is 25.4 Å². The first-order chi connectivity index (χ1) is 9.99. The second kappa shape index (κ2) is 6.10. The Morgan fingerprint density at radius 1 is 0.952 bits per heavy atom. The number of nitro benzene ring substituents is 1. The number of nitrogens with one attached hydrogen (secondary N) is 1. The monoisotopic (exact) mass is 290 g/mol. The third kappa shape index (κ3) is 3.40. The molecule has 0 aliphatic carbocycles. The number of hydrogen-bond acceptors (Lipinski definition) is 6. The Morgan fingerprint density at radius 2 is 1.62 bits per heavy atom. The van der Waals surface area contributed by atoms with Crippen molar-refractivity contribution in [2.24, 2.45) is 0 Å². The third-order valence-corrected chi connectivity index (χ3v) is 3.01. The average Bonchev–Trinajstić information content (AvgIpc) is 2.48. The first-order valence-electron chi connectivity index (χ1n) is 6.16. The third-order valence-electron chi connectivity index (χ3n) is 3.01. The van der Waals surface area contributed by atoms with Gasteiger partial charge in [0.1, 0.15) is 0 Å². The molecule has 0 saturated heterocycles. The molecule has 0 aliphatic heterocycles. The molecule has 0 aromatic heterocycles. The molecule has 0 amide bonds. The number of rotatable bonds is 5. The molecular formula is C14H14N2O5. The number of hydrogen-bond donors (Lipinski definition) is 4. The largest absolute Gasteiger partial charge is 0.504 e. The van der Waals surface area contributed by atoms with Crippen molar-refractivity contribution in [1.29, 1.82) is 0 Å². The van der Waals surface area contributed by atoms with Crippen molar-refractivity contribution < 1.29 is 20.2 Å². The summed E-state index contributed by atoms with van der Waals surface area (Å²) < 4.78 is 0. The first kappa shape index (κ1) is 14.6. The number of nitro groups is 1. The Balaban J connectivity index is 1.95. The molecule has 0 fully saturated rings. The molecule has 0 bridgehead atoms. The highest BCUT2D eigenvalue weighted by molar-refractivity contribution is 5.53. The van der Waals surface area contributed by atoms with Crippen molar-refractivity contribution in [2.45, 2.75) is 13.1 Å². The lowest BCUT2D eigenvalue weighted by molar-refractivity contribution is -0.384. The number of aromatic hydroxyl groups is 3. The van der Waals surface area contributed by atoms with Gasteiger partial charge in [0.15, 0.2) is 11.5 Å². The van der Waals surface area contributed by atoms with Gasteiger partial charge in [-0.1, -0.05) is 18.2 Å². The fourth-order valence-corrected chi connectivity index (χ4v) is 1.83. The van der Waals surface area contributed by atoms with Gasteiger partial charge in [-0.05, 0) is 11.6 Å². The number of nitrogens with zero attached hydrogens (tertiary/aromatic N) is 1. The molecule has 0 spiro atoms. The van der Waals surface area contributed by atoms with Gasteiger partial charge in [0.2, 0.25) is 5.75 Å². The van der Waals surface area contributed by atoms with E-state index in [2.05, 4.69) is 5.32 Å². The molecule has 4 N–H and O–H groups in total. The van der Waals surface area contributed by atoms with Crippen LogP contribution in [0.15, 0.2) is 36.4 Å². The molecule has 0 aliphatic rings. The highest BCUT2D eigenvalue weighted by Gasteiger charge is 2.10. The number of benzene rings is 2. The van der Waals surface area contributed by atoms with Crippen LogP contribution in [0.5, 0.6) is 17.2 Å². The average molecular weight is 290 g/mol. The smallest absolute Gasteiger partial charge is 0.269 e.